The minimum absolute atomic E-state index is 0.0230. The van der Waals surface area contributed by atoms with Gasteiger partial charge in [-0.25, -0.2) is 0 Å². The van der Waals surface area contributed by atoms with Gasteiger partial charge < -0.3 is 4.90 Å². The third kappa shape index (κ3) is 2.59. The lowest BCUT2D eigenvalue weighted by atomic mass is 10.1. The maximum Gasteiger partial charge on any atom is 0.270 e. The molecule has 5 nitrogen and oxygen atoms in total. The van der Waals surface area contributed by atoms with Gasteiger partial charge in [-0.3, -0.25) is 10.1 Å². The average molecular weight is 245 g/mol. The molecule has 2 rings (SSSR count). The highest BCUT2D eigenvalue weighted by molar-refractivity contribution is 5.63. The van der Waals surface area contributed by atoms with Crippen LogP contribution in [0.1, 0.15) is 31.2 Å². The summed E-state index contributed by atoms with van der Waals surface area (Å²) in [4.78, 5) is 12.4. The Bertz CT molecular complexity index is 485. The molecule has 1 heterocycles. The number of nitrogens with zero attached hydrogens (tertiary/aromatic N) is 3. The maximum absolute atomic E-state index is 10.7. The first-order valence-electron chi connectivity index (χ1n) is 6.16. The fourth-order valence-electron chi connectivity index (χ4n) is 2.31. The Morgan fingerprint density at radius 1 is 1.22 bits per heavy atom. The van der Waals surface area contributed by atoms with Crippen molar-refractivity contribution in [1.82, 2.24) is 0 Å². The number of anilines is 1. The molecule has 0 amide bonds. The van der Waals surface area contributed by atoms with Crippen LogP contribution in [0.25, 0.3) is 0 Å². The standard InChI is InChI=1S/C13H15N3O2/c14-10-11-9-12(16(17)18)5-6-13(11)15-7-3-1-2-4-8-15/h5-6,9H,1-4,7-8H2. The Hall–Kier alpha value is -2.09. The number of hydrogen-bond acceptors (Lipinski definition) is 4. The zero-order chi connectivity index (χ0) is 13.0. The van der Waals surface area contributed by atoms with Crippen LogP contribution in [0, 0.1) is 21.4 Å². The van der Waals surface area contributed by atoms with Gasteiger partial charge in [0.15, 0.2) is 0 Å². The molecule has 0 aromatic heterocycles. The summed E-state index contributed by atoms with van der Waals surface area (Å²) in [7, 11) is 0. The first-order valence-corrected chi connectivity index (χ1v) is 6.16. The monoisotopic (exact) mass is 245 g/mol. The van der Waals surface area contributed by atoms with Gasteiger partial charge in [0, 0.05) is 25.2 Å². The zero-order valence-electron chi connectivity index (χ0n) is 10.1. The van der Waals surface area contributed by atoms with Gasteiger partial charge in [0.25, 0.3) is 5.69 Å². The number of nitriles is 1. The predicted octanol–water partition coefficient (Wildman–Crippen LogP) is 2.85. The summed E-state index contributed by atoms with van der Waals surface area (Å²) in [6, 6.07) is 6.59. The molecular formula is C13H15N3O2. The van der Waals surface area contributed by atoms with E-state index in [0.717, 1.165) is 31.6 Å². The van der Waals surface area contributed by atoms with Gasteiger partial charge >= 0.3 is 0 Å². The molecule has 1 fully saturated rings. The number of non-ortho nitro benzene ring substituents is 1. The van der Waals surface area contributed by atoms with E-state index in [1.807, 2.05) is 0 Å². The van der Waals surface area contributed by atoms with Gasteiger partial charge in [-0.15, -0.1) is 0 Å². The average Bonchev–Trinajstić information content (AvgIpc) is 2.66. The molecule has 0 aliphatic carbocycles. The highest BCUT2D eigenvalue weighted by Crippen LogP contribution is 2.26. The van der Waals surface area contributed by atoms with Crippen LogP contribution in [0.3, 0.4) is 0 Å². The first kappa shape index (κ1) is 12.4. The summed E-state index contributed by atoms with van der Waals surface area (Å²) < 4.78 is 0. The predicted molar refractivity (Wildman–Crippen MR) is 68.5 cm³/mol. The van der Waals surface area contributed by atoms with Crippen molar-refractivity contribution in [2.75, 3.05) is 18.0 Å². The van der Waals surface area contributed by atoms with Crippen molar-refractivity contribution >= 4 is 11.4 Å². The molecule has 1 aromatic carbocycles. The van der Waals surface area contributed by atoms with Crippen molar-refractivity contribution in [2.45, 2.75) is 25.7 Å². The molecule has 0 N–H and O–H groups in total. The zero-order valence-corrected chi connectivity index (χ0v) is 10.1. The molecule has 1 aromatic rings. The van der Waals surface area contributed by atoms with Crippen molar-refractivity contribution in [3.05, 3.63) is 33.9 Å². The van der Waals surface area contributed by atoms with Crippen LogP contribution in [0.5, 0.6) is 0 Å². The molecule has 0 bridgehead atoms. The van der Waals surface area contributed by atoms with Gasteiger partial charge in [0.2, 0.25) is 0 Å². The second kappa shape index (κ2) is 5.50. The van der Waals surface area contributed by atoms with E-state index in [1.54, 1.807) is 6.07 Å². The number of nitro groups is 1. The molecule has 18 heavy (non-hydrogen) atoms. The highest BCUT2D eigenvalue weighted by Gasteiger charge is 2.16. The first-order chi connectivity index (χ1) is 8.72. The molecule has 0 spiro atoms. The largest absolute Gasteiger partial charge is 0.370 e. The summed E-state index contributed by atoms with van der Waals surface area (Å²) in [5.74, 6) is 0. The van der Waals surface area contributed by atoms with Crippen LogP contribution in [0.2, 0.25) is 0 Å². The Kier molecular flexibility index (Phi) is 3.78. The van der Waals surface area contributed by atoms with Crippen molar-refractivity contribution in [3.8, 4) is 6.07 Å². The van der Waals surface area contributed by atoms with Gasteiger partial charge in [0.05, 0.1) is 16.2 Å². The second-order valence-electron chi connectivity index (χ2n) is 4.47. The Morgan fingerprint density at radius 3 is 2.44 bits per heavy atom. The van der Waals surface area contributed by atoms with E-state index in [2.05, 4.69) is 11.0 Å². The lowest BCUT2D eigenvalue weighted by molar-refractivity contribution is -0.384. The van der Waals surface area contributed by atoms with Crippen LogP contribution >= 0.6 is 0 Å². The fraction of sp³-hybridized carbons (Fsp3) is 0.462. The minimum atomic E-state index is -0.465. The Labute approximate surface area is 106 Å². The quantitative estimate of drug-likeness (QED) is 0.593. The number of rotatable bonds is 2. The third-order valence-corrected chi connectivity index (χ3v) is 3.26. The lowest BCUT2D eigenvalue weighted by Crippen LogP contribution is -2.24. The molecule has 0 radical (unpaired) electrons. The van der Waals surface area contributed by atoms with Crippen LogP contribution in [-0.4, -0.2) is 18.0 Å². The lowest BCUT2D eigenvalue weighted by Gasteiger charge is -2.23. The molecule has 0 saturated carbocycles. The number of benzene rings is 1. The topological polar surface area (TPSA) is 70.2 Å². The van der Waals surface area contributed by atoms with Crippen LogP contribution in [0.15, 0.2) is 18.2 Å². The summed E-state index contributed by atoms with van der Waals surface area (Å²) >= 11 is 0. The summed E-state index contributed by atoms with van der Waals surface area (Å²) in [6.45, 7) is 1.85. The normalized spacial score (nSPS) is 15.8. The van der Waals surface area contributed by atoms with E-state index in [4.69, 9.17) is 5.26 Å². The van der Waals surface area contributed by atoms with Crippen molar-refractivity contribution in [3.63, 3.8) is 0 Å². The van der Waals surface area contributed by atoms with Gasteiger partial charge in [-0.2, -0.15) is 5.26 Å². The van der Waals surface area contributed by atoms with Crippen LogP contribution in [-0.2, 0) is 0 Å². The third-order valence-electron chi connectivity index (χ3n) is 3.26. The Balaban J connectivity index is 2.32. The molecule has 1 aliphatic rings. The van der Waals surface area contributed by atoms with Crippen molar-refractivity contribution < 1.29 is 4.92 Å². The number of hydrogen-bond donors (Lipinski definition) is 0. The molecule has 1 aliphatic heterocycles. The summed E-state index contributed by atoms with van der Waals surface area (Å²) in [5, 5.41) is 19.8. The summed E-state index contributed by atoms with van der Waals surface area (Å²) in [5.41, 5.74) is 1.20. The molecule has 1 saturated heterocycles. The highest BCUT2D eigenvalue weighted by atomic mass is 16.6. The molecule has 5 heteroatoms. The van der Waals surface area contributed by atoms with Crippen LogP contribution < -0.4 is 4.90 Å². The van der Waals surface area contributed by atoms with E-state index in [-0.39, 0.29) is 5.69 Å². The van der Waals surface area contributed by atoms with Gasteiger partial charge in [-0.1, -0.05) is 12.8 Å². The minimum Gasteiger partial charge on any atom is -0.370 e. The smallest absolute Gasteiger partial charge is 0.270 e. The van der Waals surface area contributed by atoms with E-state index >= 15 is 0 Å². The SMILES string of the molecule is N#Cc1cc([N+](=O)[O-])ccc1N1CCCCCC1. The van der Waals surface area contributed by atoms with Gasteiger partial charge in [0.1, 0.15) is 6.07 Å². The van der Waals surface area contributed by atoms with Crippen molar-refractivity contribution in [2.24, 2.45) is 0 Å². The van der Waals surface area contributed by atoms with Gasteiger partial charge in [-0.05, 0) is 18.9 Å². The van der Waals surface area contributed by atoms with Crippen LogP contribution in [0.4, 0.5) is 11.4 Å². The molecule has 0 atom stereocenters. The molecular weight excluding hydrogens is 230 g/mol. The number of nitro benzene ring substituents is 1. The van der Waals surface area contributed by atoms with Crippen molar-refractivity contribution in [1.29, 1.82) is 5.26 Å². The van der Waals surface area contributed by atoms with E-state index in [9.17, 15) is 10.1 Å². The fourth-order valence-corrected chi connectivity index (χ4v) is 2.31. The van der Waals surface area contributed by atoms with E-state index in [1.165, 1.54) is 25.0 Å². The molecule has 0 unspecified atom stereocenters. The molecule has 94 valence electrons. The summed E-state index contributed by atoms with van der Waals surface area (Å²) in [6.07, 6.45) is 4.65. The van der Waals surface area contributed by atoms with E-state index in [0.29, 0.717) is 5.56 Å². The van der Waals surface area contributed by atoms with E-state index < -0.39 is 4.92 Å². The Morgan fingerprint density at radius 2 is 1.89 bits per heavy atom. The second-order valence-corrected chi connectivity index (χ2v) is 4.47. The maximum atomic E-state index is 10.7.